The zero-order chi connectivity index (χ0) is 21.7. The Kier molecular flexibility index (Phi) is 5.22. The summed E-state index contributed by atoms with van der Waals surface area (Å²) < 4.78 is 41.4. The molecule has 0 bridgehead atoms. The molecule has 1 aliphatic carbocycles. The van der Waals surface area contributed by atoms with Gasteiger partial charge in [0.2, 0.25) is 5.13 Å². The van der Waals surface area contributed by atoms with E-state index in [2.05, 4.69) is 20.5 Å². The average molecular weight is 437 g/mol. The van der Waals surface area contributed by atoms with Crippen LogP contribution in [0.1, 0.15) is 49.3 Å². The lowest BCUT2D eigenvalue weighted by molar-refractivity contribution is -0.136. The standard InChI is InChI=1S/C21H23F3N4OS/c1-11-6-16(18-27-28-19(30-18)25-9-20(2,3)10-29)26-17-14(11)7-13(12-4-5-12)8-15(17)21(22,23)24/h6-8,12,29H,4-5,9-10H2,1-3H3,(H,25,28). The summed E-state index contributed by atoms with van der Waals surface area (Å²) in [5.41, 5.74) is 0.768. The Labute approximate surface area is 176 Å². The molecule has 160 valence electrons. The first-order valence-corrected chi connectivity index (χ1v) is 10.6. The number of aliphatic hydroxyl groups is 1. The van der Waals surface area contributed by atoms with Crippen LogP contribution in [0.15, 0.2) is 18.2 Å². The summed E-state index contributed by atoms with van der Waals surface area (Å²) >= 11 is 1.23. The van der Waals surface area contributed by atoms with Crippen LogP contribution in [0.4, 0.5) is 18.3 Å². The van der Waals surface area contributed by atoms with Crippen molar-refractivity contribution in [1.82, 2.24) is 15.2 Å². The molecule has 0 radical (unpaired) electrons. The maximum Gasteiger partial charge on any atom is 0.418 e. The molecule has 1 saturated carbocycles. The third-order valence-electron chi connectivity index (χ3n) is 5.29. The van der Waals surface area contributed by atoms with E-state index in [9.17, 15) is 18.3 Å². The van der Waals surface area contributed by atoms with Crippen LogP contribution in [0.3, 0.4) is 0 Å². The highest BCUT2D eigenvalue weighted by Crippen LogP contribution is 2.45. The van der Waals surface area contributed by atoms with Gasteiger partial charge in [0.25, 0.3) is 0 Å². The summed E-state index contributed by atoms with van der Waals surface area (Å²) in [4.78, 5) is 4.35. The summed E-state index contributed by atoms with van der Waals surface area (Å²) in [7, 11) is 0. The molecule has 0 unspecified atom stereocenters. The summed E-state index contributed by atoms with van der Waals surface area (Å²) in [5, 5.41) is 22.2. The van der Waals surface area contributed by atoms with Gasteiger partial charge < -0.3 is 10.4 Å². The number of fused-ring (bicyclic) bond motifs is 1. The molecular formula is C21H23F3N4OS. The second-order valence-corrected chi connectivity index (χ2v) is 9.63. The number of alkyl halides is 3. The SMILES string of the molecule is Cc1cc(-c2nnc(NCC(C)(C)CO)s2)nc2c(C(F)(F)F)cc(C3CC3)cc12. The predicted molar refractivity (Wildman–Crippen MR) is 112 cm³/mol. The Morgan fingerprint density at radius 2 is 1.90 bits per heavy atom. The predicted octanol–water partition coefficient (Wildman–Crippen LogP) is 5.39. The third kappa shape index (κ3) is 4.27. The average Bonchev–Trinajstić information content (AvgIpc) is 3.42. The second kappa shape index (κ2) is 7.46. The number of aromatic nitrogens is 3. The van der Waals surface area contributed by atoms with E-state index in [1.54, 1.807) is 13.0 Å². The Morgan fingerprint density at radius 3 is 2.53 bits per heavy atom. The molecule has 1 fully saturated rings. The maximum absolute atomic E-state index is 13.8. The minimum Gasteiger partial charge on any atom is -0.396 e. The van der Waals surface area contributed by atoms with E-state index in [0.717, 1.165) is 24.0 Å². The first-order valence-electron chi connectivity index (χ1n) is 9.78. The van der Waals surface area contributed by atoms with Crippen molar-refractivity contribution in [2.24, 2.45) is 5.41 Å². The fourth-order valence-electron chi connectivity index (χ4n) is 3.26. The van der Waals surface area contributed by atoms with Gasteiger partial charge in [-0.3, -0.25) is 0 Å². The normalized spacial score (nSPS) is 15.0. The molecule has 1 aromatic carbocycles. The summed E-state index contributed by atoms with van der Waals surface area (Å²) in [6, 6.07) is 4.86. The van der Waals surface area contributed by atoms with Gasteiger partial charge in [-0.25, -0.2) is 4.98 Å². The number of anilines is 1. The summed E-state index contributed by atoms with van der Waals surface area (Å²) in [5.74, 6) is 0.217. The smallest absolute Gasteiger partial charge is 0.396 e. The number of nitrogens with zero attached hydrogens (tertiary/aromatic N) is 3. The van der Waals surface area contributed by atoms with Crippen molar-refractivity contribution in [3.05, 3.63) is 34.9 Å². The fourth-order valence-corrected chi connectivity index (χ4v) is 3.96. The number of hydrogen-bond acceptors (Lipinski definition) is 6. The number of halogens is 3. The minimum atomic E-state index is -4.48. The van der Waals surface area contributed by atoms with E-state index in [0.29, 0.717) is 27.8 Å². The number of aliphatic hydroxyl groups excluding tert-OH is 1. The Bertz CT molecular complexity index is 1090. The first-order chi connectivity index (χ1) is 14.1. The van der Waals surface area contributed by atoms with Crippen molar-refractivity contribution in [3.8, 4) is 10.7 Å². The maximum atomic E-state index is 13.8. The van der Waals surface area contributed by atoms with Gasteiger partial charge in [-0.15, -0.1) is 10.2 Å². The van der Waals surface area contributed by atoms with Gasteiger partial charge in [0.05, 0.1) is 11.1 Å². The van der Waals surface area contributed by atoms with E-state index >= 15 is 0 Å². The first kappa shape index (κ1) is 21.0. The number of hydrogen-bond donors (Lipinski definition) is 2. The lowest BCUT2D eigenvalue weighted by Gasteiger charge is -2.21. The van der Waals surface area contributed by atoms with Crippen LogP contribution >= 0.6 is 11.3 Å². The van der Waals surface area contributed by atoms with Gasteiger partial charge in [0, 0.05) is 24.0 Å². The van der Waals surface area contributed by atoms with Crippen molar-refractivity contribution < 1.29 is 18.3 Å². The molecule has 0 spiro atoms. The number of rotatable bonds is 6. The number of aryl methyl sites for hydroxylation is 1. The van der Waals surface area contributed by atoms with E-state index in [4.69, 9.17) is 0 Å². The summed E-state index contributed by atoms with van der Waals surface area (Å²) in [6.07, 6.45) is -2.62. The number of pyridine rings is 1. The molecule has 4 rings (SSSR count). The third-order valence-corrected chi connectivity index (χ3v) is 6.19. The fraction of sp³-hybridized carbons (Fsp3) is 0.476. The molecule has 5 nitrogen and oxygen atoms in total. The van der Waals surface area contributed by atoms with Crippen LogP contribution in [0.5, 0.6) is 0 Å². The Balaban J connectivity index is 1.73. The van der Waals surface area contributed by atoms with E-state index < -0.39 is 11.7 Å². The van der Waals surface area contributed by atoms with E-state index in [1.807, 2.05) is 19.9 Å². The molecule has 0 aliphatic heterocycles. The zero-order valence-electron chi connectivity index (χ0n) is 17.0. The molecular weight excluding hydrogens is 413 g/mol. The van der Waals surface area contributed by atoms with Crippen molar-refractivity contribution in [1.29, 1.82) is 0 Å². The van der Waals surface area contributed by atoms with Gasteiger partial charge in [-0.05, 0) is 55.0 Å². The highest BCUT2D eigenvalue weighted by atomic mass is 32.1. The topological polar surface area (TPSA) is 70.9 Å². The molecule has 2 N–H and O–H groups in total. The molecule has 1 aliphatic rings. The van der Waals surface area contributed by atoms with Crippen LogP contribution in [-0.4, -0.2) is 33.4 Å². The zero-order valence-corrected chi connectivity index (χ0v) is 17.8. The quantitative estimate of drug-likeness (QED) is 0.542. The molecule has 0 saturated heterocycles. The molecule has 30 heavy (non-hydrogen) atoms. The van der Waals surface area contributed by atoms with Gasteiger partial charge in [0.15, 0.2) is 5.01 Å². The van der Waals surface area contributed by atoms with Crippen molar-refractivity contribution in [2.75, 3.05) is 18.5 Å². The lowest BCUT2D eigenvalue weighted by atomic mass is 9.95. The van der Waals surface area contributed by atoms with Crippen LogP contribution in [0, 0.1) is 12.3 Å². The molecule has 3 aromatic rings. The number of benzene rings is 1. The minimum absolute atomic E-state index is 0.0140. The second-order valence-electron chi connectivity index (χ2n) is 8.65. The van der Waals surface area contributed by atoms with E-state index in [1.165, 1.54) is 17.4 Å². The van der Waals surface area contributed by atoms with Crippen LogP contribution in [0.2, 0.25) is 0 Å². The monoisotopic (exact) mass is 436 g/mol. The van der Waals surface area contributed by atoms with Crippen LogP contribution < -0.4 is 5.32 Å². The van der Waals surface area contributed by atoms with Crippen LogP contribution in [-0.2, 0) is 6.18 Å². The Morgan fingerprint density at radius 1 is 1.17 bits per heavy atom. The lowest BCUT2D eigenvalue weighted by Crippen LogP contribution is -2.26. The Hall–Kier alpha value is -2.26. The van der Waals surface area contributed by atoms with Crippen molar-refractivity contribution in [2.45, 2.75) is 45.7 Å². The molecule has 2 aromatic heterocycles. The van der Waals surface area contributed by atoms with E-state index in [-0.39, 0.29) is 23.5 Å². The van der Waals surface area contributed by atoms with Crippen molar-refractivity contribution >= 4 is 27.4 Å². The molecule has 0 atom stereocenters. The van der Waals surface area contributed by atoms with Crippen LogP contribution in [0.25, 0.3) is 21.6 Å². The highest BCUT2D eigenvalue weighted by Gasteiger charge is 2.36. The summed E-state index contributed by atoms with van der Waals surface area (Å²) in [6.45, 7) is 6.12. The largest absolute Gasteiger partial charge is 0.418 e. The molecule has 2 heterocycles. The molecule has 9 heteroatoms. The van der Waals surface area contributed by atoms with Gasteiger partial charge in [0.1, 0.15) is 5.69 Å². The van der Waals surface area contributed by atoms with Gasteiger partial charge in [-0.1, -0.05) is 25.2 Å². The van der Waals surface area contributed by atoms with Gasteiger partial charge in [-0.2, -0.15) is 13.2 Å². The highest BCUT2D eigenvalue weighted by molar-refractivity contribution is 7.18. The van der Waals surface area contributed by atoms with Crippen molar-refractivity contribution in [3.63, 3.8) is 0 Å². The molecule has 0 amide bonds. The van der Waals surface area contributed by atoms with Gasteiger partial charge >= 0.3 is 6.18 Å². The number of nitrogens with one attached hydrogen (secondary N) is 1.